The van der Waals surface area contributed by atoms with Gasteiger partial charge in [-0.3, -0.25) is 4.79 Å². The van der Waals surface area contributed by atoms with E-state index in [0.717, 1.165) is 43.4 Å². The quantitative estimate of drug-likeness (QED) is 0.624. The average molecular weight is 291 g/mol. The van der Waals surface area contributed by atoms with Gasteiger partial charge in [0.25, 0.3) is 0 Å². The van der Waals surface area contributed by atoms with E-state index in [-0.39, 0.29) is 11.9 Å². The summed E-state index contributed by atoms with van der Waals surface area (Å²) in [7, 11) is 0. The van der Waals surface area contributed by atoms with Crippen LogP contribution in [0.25, 0.3) is 0 Å². The molecule has 4 unspecified atom stereocenters. The summed E-state index contributed by atoms with van der Waals surface area (Å²) in [6.07, 6.45) is 11.8. The Labute approximate surface area is 128 Å². The number of rotatable bonds is 5. The lowest BCUT2D eigenvalue weighted by Crippen LogP contribution is -2.44. The molecular formula is C18H29NO2. The van der Waals surface area contributed by atoms with E-state index in [9.17, 15) is 4.79 Å². The third kappa shape index (κ3) is 3.33. The van der Waals surface area contributed by atoms with E-state index in [1.165, 1.54) is 12.8 Å². The Morgan fingerprint density at radius 1 is 1.24 bits per heavy atom. The molecular weight excluding hydrogens is 262 g/mol. The maximum Gasteiger partial charge on any atom is 0.308 e. The van der Waals surface area contributed by atoms with Gasteiger partial charge in [-0.1, -0.05) is 12.2 Å². The molecule has 2 bridgehead atoms. The molecule has 3 rings (SSSR count). The molecule has 3 heteroatoms. The number of ether oxygens (including phenoxy) is 1. The molecule has 0 radical (unpaired) electrons. The molecule has 4 atom stereocenters. The molecule has 0 aromatic heterocycles. The van der Waals surface area contributed by atoms with Crippen molar-refractivity contribution in [3.05, 3.63) is 12.2 Å². The Morgan fingerprint density at radius 2 is 2.00 bits per heavy atom. The zero-order valence-electron chi connectivity index (χ0n) is 13.4. The fourth-order valence-electron chi connectivity index (χ4n) is 4.65. The van der Waals surface area contributed by atoms with Crippen molar-refractivity contribution in [1.29, 1.82) is 0 Å². The summed E-state index contributed by atoms with van der Waals surface area (Å²) < 4.78 is 5.15. The zero-order chi connectivity index (χ0) is 14.8. The maximum absolute atomic E-state index is 11.8. The minimum absolute atomic E-state index is 0.0160. The molecule has 3 aliphatic rings. The Balaban J connectivity index is 1.43. The molecule has 3 nitrogen and oxygen atoms in total. The van der Waals surface area contributed by atoms with E-state index in [4.69, 9.17) is 4.74 Å². The van der Waals surface area contributed by atoms with Gasteiger partial charge in [0, 0.05) is 12.1 Å². The molecule has 0 aromatic carbocycles. The third-order valence-corrected chi connectivity index (χ3v) is 5.82. The predicted octanol–water partition coefficient (Wildman–Crippen LogP) is 3.30. The van der Waals surface area contributed by atoms with Gasteiger partial charge in [0.1, 0.15) is 0 Å². The topological polar surface area (TPSA) is 38.3 Å². The smallest absolute Gasteiger partial charge is 0.308 e. The normalized spacial score (nSPS) is 39.4. The van der Waals surface area contributed by atoms with Gasteiger partial charge in [-0.05, 0) is 70.1 Å². The molecule has 2 fully saturated rings. The molecule has 0 spiro atoms. The predicted molar refractivity (Wildman–Crippen MR) is 83.8 cm³/mol. The minimum atomic E-state index is 0.0160. The minimum Gasteiger partial charge on any atom is -0.466 e. The summed E-state index contributed by atoms with van der Waals surface area (Å²) in [5.74, 6) is 2.64. The van der Waals surface area contributed by atoms with Crippen LogP contribution >= 0.6 is 0 Å². The van der Waals surface area contributed by atoms with E-state index >= 15 is 0 Å². The number of carbonyl (C=O) groups excluding carboxylic acids is 1. The van der Waals surface area contributed by atoms with Crippen LogP contribution in [0.5, 0.6) is 0 Å². The van der Waals surface area contributed by atoms with Crippen molar-refractivity contribution in [3.63, 3.8) is 0 Å². The van der Waals surface area contributed by atoms with Gasteiger partial charge in [0.2, 0.25) is 0 Å². The van der Waals surface area contributed by atoms with Crippen LogP contribution in [-0.4, -0.2) is 24.7 Å². The van der Waals surface area contributed by atoms with Crippen molar-refractivity contribution in [2.75, 3.05) is 6.61 Å². The van der Waals surface area contributed by atoms with Crippen LogP contribution in [0.1, 0.15) is 52.4 Å². The molecule has 0 aliphatic heterocycles. The van der Waals surface area contributed by atoms with E-state index in [0.29, 0.717) is 18.7 Å². The summed E-state index contributed by atoms with van der Waals surface area (Å²) in [4.78, 5) is 11.8. The van der Waals surface area contributed by atoms with Crippen LogP contribution < -0.4 is 5.32 Å². The first kappa shape index (κ1) is 15.1. The first-order valence-corrected chi connectivity index (χ1v) is 8.78. The van der Waals surface area contributed by atoms with Gasteiger partial charge in [0.05, 0.1) is 12.5 Å². The van der Waals surface area contributed by atoms with Crippen molar-refractivity contribution in [3.8, 4) is 0 Å². The Hall–Kier alpha value is -0.830. The van der Waals surface area contributed by atoms with E-state index in [2.05, 4.69) is 24.4 Å². The maximum atomic E-state index is 11.8. The zero-order valence-corrected chi connectivity index (χ0v) is 13.4. The van der Waals surface area contributed by atoms with Crippen LogP contribution in [0.15, 0.2) is 12.2 Å². The lowest BCUT2D eigenvalue weighted by Gasteiger charge is -2.34. The lowest BCUT2D eigenvalue weighted by atomic mass is 9.83. The molecule has 0 heterocycles. The van der Waals surface area contributed by atoms with Crippen molar-refractivity contribution < 1.29 is 9.53 Å². The van der Waals surface area contributed by atoms with Crippen molar-refractivity contribution in [2.24, 2.45) is 23.7 Å². The summed E-state index contributed by atoms with van der Waals surface area (Å²) >= 11 is 0. The highest BCUT2D eigenvalue weighted by molar-refractivity contribution is 5.72. The molecule has 0 aromatic rings. The number of hydrogen-bond acceptors (Lipinski definition) is 3. The van der Waals surface area contributed by atoms with Gasteiger partial charge >= 0.3 is 5.97 Å². The van der Waals surface area contributed by atoms with Gasteiger partial charge in [-0.15, -0.1) is 0 Å². The Kier molecular flexibility index (Phi) is 4.68. The number of carbonyl (C=O) groups is 1. The largest absolute Gasteiger partial charge is 0.466 e. The Bertz CT molecular complexity index is 398. The van der Waals surface area contributed by atoms with Crippen LogP contribution in [0.2, 0.25) is 0 Å². The highest BCUT2D eigenvalue weighted by Gasteiger charge is 2.39. The van der Waals surface area contributed by atoms with Crippen LogP contribution in [-0.2, 0) is 9.53 Å². The fraction of sp³-hybridized carbons (Fsp3) is 0.833. The number of allylic oxidation sites excluding steroid dienone is 2. The van der Waals surface area contributed by atoms with Gasteiger partial charge in [0.15, 0.2) is 0 Å². The second-order valence-corrected chi connectivity index (χ2v) is 7.20. The molecule has 0 amide bonds. The SMILES string of the molecule is CCOC(=O)C1CCC(NC(C)C2CC3C=CC2C3)CC1. The highest BCUT2D eigenvalue weighted by Crippen LogP contribution is 2.45. The lowest BCUT2D eigenvalue weighted by molar-refractivity contribution is -0.149. The molecule has 0 saturated heterocycles. The highest BCUT2D eigenvalue weighted by atomic mass is 16.5. The summed E-state index contributed by atoms with van der Waals surface area (Å²) in [5, 5.41) is 3.85. The first-order chi connectivity index (χ1) is 10.2. The van der Waals surface area contributed by atoms with Crippen LogP contribution in [0.4, 0.5) is 0 Å². The number of esters is 1. The van der Waals surface area contributed by atoms with E-state index in [1.54, 1.807) is 0 Å². The van der Waals surface area contributed by atoms with E-state index in [1.807, 2.05) is 6.92 Å². The second-order valence-electron chi connectivity index (χ2n) is 7.20. The van der Waals surface area contributed by atoms with Crippen LogP contribution in [0.3, 0.4) is 0 Å². The molecule has 1 N–H and O–H groups in total. The van der Waals surface area contributed by atoms with Gasteiger partial charge < -0.3 is 10.1 Å². The second kappa shape index (κ2) is 6.51. The monoisotopic (exact) mass is 291 g/mol. The molecule has 118 valence electrons. The molecule has 3 aliphatic carbocycles. The first-order valence-electron chi connectivity index (χ1n) is 8.78. The van der Waals surface area contributed by atoms with E-state index < -0.39 is 0 Å². The number of hydrogen-bond donors (Lipinski definition) is 1. The van der Waals surface area contributed by atoms with Crippen molar-refractivity contribution in [2.45, 2.75) is 64.5 Å². The summed E-state index contributed by atoms with van der Waals surface area (Å²) in [5.41, 5.74) is 0. The average Bonchev–Trinajstić information content (AvgIpc) is 3.11. The summed E-state index contributed by atoms with van der Waals surface area (Å²) in [6, 6.07) is 1.20. The molecule has 21 heavy (non-hydrogen) atoms. The fourth-order valence-corrected chi connectivity index (χ4v) is 4.65. The molecule has 2 saturated carbocycles. The third-order valence-electron chi connectivity index (χ3n) is 5.82. The standard InChI is InChI=1S/C18H29NO2/c1-3-21-18(20)14-6-8-16(9-7-14)19-12(2)17-11-13-4-5-15(17)10-13/h4-5,12-17,19H,3,6-11H2,1-2H3. The van der Waals surface area contributed by atoms with Crippen molar-refractivity contribution >= 4 is 5.97 Å². The number of nitrogens with one attached hydrogen (secondary N) is 1. The number of fused-ring (bicyclic) bond motifs is 2. The van der Waals surface area contributed by atoms with Crippen LogP contribution in [0, 0.1) is 23.7 Å². The van der Waals surface area contributed by atoms with Gasteiger partial charge in [-0.25, -0.2) is 0 Å². The van der Waals surface area contributed by atoms with Gasteiger partial charge in [-0.2, -0.15) is 0 Å². The van der Waals surface area contributed by atoms with Crippen molar-refractivity contribution in [1.82, 2.24) is 5.32 Å². The summed E-state index contributed by atoms with van der Waals surface area (Å²) in [6.45, 7) is 4.75. The Morgan fingerprint density at radius 3 is 2.57 bits per heavy atom.